The third-order valence-electron chi connectivity index (χ3n) is 4.53. The van der Waals surface area contributed by atoms with E-state index in [1.807, 2.05) is 12.1 Å². The molecular formula is C19H17FN4O2. The molecule has 4 rings (SSSR count). The van der Waals surface area contributed by atoms with Gasteiger partial charge in [0.05, 0.1) is 0 Å². The van der Waals surface area contributed by atoms with E-state index in [0.29, 0.717) is 30.4 Å². The Hall–Kier alpha value is -3.09. The number of rotatable bonds is 3. The van der Waals surface area contributed by atoms with Gasteiger partial charge in [-0.15, -0.1) is 0 Å². The van der Waals surface area contributed by atoms with Crippen molar-refractivity contribution in [3.63, 3.8) is 0 Å². The van der Waals surface area contributed by atoms with E-state index in [0.717, 1.165) is 18.4 Å². The molecular weight excluding hydrogens is 335 g/mol. The molecule has 0 spiro atoms. The van der Waals surface area contributed by atoms with Crippen LogP contribution in [0.3, 0.4) is 0 Å². The normalized spacial score (nSPS) is 17.3. The van der Waals surface area contributed by atoms with Gasteiger partial charge in [0.2, 0.25) is 0 Å². The average molecular weight is 352 g/mol. The van der Waals surface area contributed by atoms with Crippen molar-refractivity contribution in [1.29, 1.82) is 0 Å². The highest BCUT2D eigenvalue weighted by molar-refractivity contribution is 5.94. The molecule has 6 nitrogen and oxygen atoms in total. The summed E-state index contributed by atoms with van der Waals surface area (Å²) in [7, 11) is 0. The van der Waals surface area contributed by atoms with Gasteiger partial charge in [-0.25, -0.2) is 4.39 Å². The number of amides is 1. The molecule has 0 saturated carbocycles. The van der Waals surface area contributed by atoms with E-state index in [4.69, 9.17) is 4.52 Å². The zero-order valence-electron chi connectivity index (χ0n) is 14.0. The van der Waals surface area contributed by atoms with Gasteiger partial charge in [-0.1, -0.05) is 5.16 Å². The molecule has 1 amide bonds. The number of aromatic nitrogens is 3. The van der Waals surface area contributed by atoms with Gasteiger partial charge in [0.25, 0.3) is 11.8 Å². The molecule has 1 fully saturated rings. The van der Waals surface area contributed by atoms with Crippen molar-refractivity contribution in [3.8, 4) is 11.5 Å². The molecule has 3 heterocycles. The fourth-order valence-corrected chi connectivity index (χ4v) is 3.16. The van der Waals surface area contributed by atoms with Crippen LogP contribution in [0.1, 0.15) is 34.9 Å². The minimum Gasteiger partial charge on any atom is -0.338 e. The molecule has 0 aliphatic carbocycles. The Morgan fingerprint density at radius 2 is 1.92 bits per heavy atom. The Bertz CT molecular complexity index is 895. The SMILES string of the molecule is O=C(c1ccc(F)cc1)N1CCCC(c2noc(-c3ccncc3)n2)C1. The number of hydrogen-bond acceptors (Lipinski definition) is 5. The minimum atomic E-state index is -0.353. The predicted octanol–water partition coefficient (Wildman–Crippen LogP) is 3.29. The zero-order chi connectivity index (χ0) is 17.9. The van der Waals surface area contributed by atoms with E-state index < -0.39 is 0 Å². The van der Waals surface area contributed by atoms with Crippen LogP contribution < -0.4 is 0 Å². The van der Waals surface area contributed by atoms with E-state index in [9.17, 15) is 9.18 Å². The lowest BCUT2D eigenvalue weighted by Gasteiger charge is -2.31. The van der Waals surface area contributed by atoms with Crippen LogP contribution >= 0.6 is 0 Å². The largest absolute Gasteiger partial charge is 0.338 e. The van der Waals surface area contributed by atoms with Gasteiger partial charge in [-0.2, -0.15) is 4.98 Å². The Morgan fingerprint density at radius 3 is 2.69 bits per heavy atom. The van der Waals surface area contributed by atoms with Gasteiger partial charge in [-0.05, 0) is 49.2 Å². The van der Waals surface area contributed by atoms with E-state index in [1.54, 1.807) is 17.3 Å². The molecule has 1 saturated heterocycles. The van der Waals surface area contributed by atoms with E-state index >= 15 is 0 Å². The molecule has 1 aliphatic heterocycles. The lowest BCUT2D eigenvalue weighted by molar-refractivity contribution is 0.0703. The topological polar surface area (TPSA) is 72.1 Å². The lowest BCUT2D eigenvalue weighted by Crippen LogP contribution is -2.39. The Labute approximate surface area is 149 Å². The molecule has 1 aromatic carbocycles. The molecule has 2 aromatic heterocycles. The first kappa shape index (κ1) is 16.4. The first-order valence-corrected chi connectivity index (χ1v) is 8.49. The van der Waals surface area contributed by atoms with E-state index in [1.165, 1.54) is 24.3 Å². The van der Waals surface area contributed by atoms with Crippen molar-refractivity contribution in [1.82, 2.24) is 20.0 Å². The van der Waals surface area contributed by atoms with Gasteiger partial charge >= 0.3 is 0 Å². The summed E-state index contributed by atoms with van der Waals surface area (Å²) in [5.74, 6) is 0.617. The maximum absolute atomic E-state index is 13.1. The third-order valence-corrected chi connectivity index (χ3v) is 4.53. The standard InChI is InChI=1S/C19H17FN4O2/c20-16-5-3-14(4-6-16)19(25)24-11-1-2-15(12-24)17-22-18(26-23-17)13-7-9-21-10-8-13/h3-10,15H,1-2,11-12H2. The van der Waals surface area contributed by atoms with Crippen LogP contribution in [0, 0.1) is 5.82 Å². The Morgan fingerprint density at radius 1 is 1.15 bits per heavy atom. The monoisotopic (exact) mass is 352 g/mol. The first-order valence-electron chi connectivity index (χ1n) is 8.49. The van der Waals surface area contributed by atoms with Gasteiger partial charge < -0.3 is 9.42 Å². The van der Waals surface area contributed by atoms with Crippen LogP contribution in [0.2, 0.25) is 0 Å². The highest BCUT2D eigenvalue weighted by Gasteiger charge is 2.28. The number of piperidine rings is 1. The summed E-state index contributed by atoms with van der Waals surface area (Å²) >= 11 is 0. The number of carbonyl (C=O) groups is 1. The summed E-state index contributed by atoms with van der Waals surface area (Å²) in [6.07, 6.45) is 5.09. The molecule has 1 atom stereocenters. The summed E-state index contributed by atoms with van der Waals surface area (Å²) in [5, 5.41) is 4.10. The number of halogens is 1. The molecule has 7 heteroatoms. The number of carbonyl (C=O) groups excluding carboxylic acids is 1. The van der Waals surface area contributed by atoms with Crippen LogP contribution in [0.25, 0.3) is 11.5 Å². The molecule has 0 radical (unpaired) electrons. The molecule has 3 aromatic rings. The molecule has 132 valence electrons. The zero-order valence-corrected chi connectivity index (χ0v) is 14.0. The van der Waals surface area contributed by atoms with Crippen LogP contribution in [-0.4, -0.2) is 39.0 Å². The third kappa shape index (κ3) is 3.33. The first-order chi connectivity index (χ1) is 12.7. The lowest BCUT2D eigenvalue weighted by atomic mass is 9.96. The number of benzene rings is 1. The van der Waals surface area contributed by atoms with Crippen LogP contribution in [-0.2, 0) is 0 Å². The maximum Gasteiger partial charge on any atom is 0.258 e. The van der Waals surface area contributed by atoms with Gasteiger partial charge in [0, 0.05) is 42.5 Å². The maximum atomic E-state index is 13.1. The second kappa shape index (κ2) is 7.03. The summed E-state index contributed by atoms with van der Waals surface area (Å²) in [6.45, 7) is 1.19. The van der Waals surface area contributed by atoms with Crippen molar-refractivity contribution in [2.45, 2.75) is 18.8 Å². The van der Waals surface area contributed by atoms with Crippen LogP contribution in [0.5, 0.6) is 0 Å². The summed E-state index contributed by atoms with van der Waals surface area (Å²) < 4.78 is 18.4. The second-order valence-corrected chi connectivity index (χ2v) is 6.29. The van der Waals surface area contributed by atoms with Crippen LogP contribution in [0.4, 0.5) is 4.39 Å². The van der Waals surface area contributed by atoms with Gasteiger partial charge in [0.1, 0.15) is 5.82 Å². The summed E-state index contributed by atoms with van der Waals surface area (Å²) in [4.78, 5) is 22.9. The molecule has 0 N–H and O–H groups in total. The Balaban J connectivity index is 1.49. The van der Waals surface area contributed by atoms with Crippen molar-refractivity contribution < 1.29 is 13.7 Å². The second-order valence-electron chi connectivity index (χ2n) is 6.29. The number of likely N-dealkylation sites (tertiary alicyclic amines) is 1. The molecule has 1 aliphatic rings. The fourth-order valence-electron chi connectivity index (χ4n) is 3.16. The van der Waals surface area contributed by atoms with Crippen molar-refractivity contribution in [2.75, 3.05) is 13.1 Å². The van der Waals surface area contributed by atoms with Crippen molar-refractivity contribution >= 4 is 5.91 Å². The van der Waals surface area contributed by atoms with Crippen LogP contribution in [0.15, 0.2) is 53.3 Å². The van der Waals surface area contributed by atoms with E-state index in [2.05, 4.69) is 15.1 Å². The van der Waals surface area contributed by atoms with Crippen molar-refractivity contribution in [3.05, 3.63) is 66.0 Å². The average Bonchev–Trinajstić information content (AvgIpc) is 3.19. The predicted molar refractivity (Wildman–Crippen MR) is 91.8 cm³/mol. The highest BCUT2D eigenvalue weighted by Crippen LogP contribution is 2.27. The van der Waals surface area contributed by atoms with Gasteiger partial charge in [0.15, 0.2) is 5.82 Å². The fraction of sp³-hybridized carbons (Fsp3) is 0.263. The highest BCUT2D eigenvalue weighted by atomic mass is 19.1. The molecule has 0 bridgehead atoms. The molecule has 26 heavy (non-hydrogen) atoms. The summed E-state index contributed by atoms with van der Waals surface area (Å²) in [5.41, 5.74) is 1.30. The molecule has 1 unspecified atom stereocenters. The quantitative estimate of drug-likeness (QED) is 0.723. The van der Waals surface area contributed by atoms with Crippen molar-refractivity contribution in [2.24, 2.45) is 0 Å². The number of nitrogens with zero attached hydrogens (tertiary/aromatic N) is 4. The summed E-state index contributed by atoms with van der Waals surface area (Å²) in [6, 6.07) is 9.24. The smallest absolute Gasteiger partial charge is 0.258 e. The van der Waals surface area contributed by atoms with E-state index in [-0.39, 0.29) is 17.6 Å². The number of pyridine rings is 1. The number of hydrogen-bond donors (Lipinski definition) is 0. The minimum absolute atomic E-state index is 0.0208. The Kier molecular flexibility index (Phi) is 4.43. The van der Waals surface area contributed by atoms with Gasteiger partial charge in [-0.3, -0.25) is 9.78 Å².